The second-order valence-corrected chi connectivity index (χ2v) is 8.56. The third kappa shape index (κ3) is 3.18. The summed E-state index contributed by atoms with van der Waals surface area (Å²) in [5.74, 6) is -1.66. The van der Waals surface area contributed by atoms with Crippen molar-refractivity contribution in [1.82, 2.24) is 25.2 Å². The monoisotopic (exact) mass is 481 g/mol. The van der Waals surface area contributed by atoms with E-state index in [-0.39, 0.29) is 24.0 Å². The number of carbonyl (C=O) groups is 4. The van der Waals surface area contributed by atoms with Crippen LogP contribution in [0.2, 0.25) is 0 Å². The van der Waals surface area contributed by atoms with E-state index in [0.717, 1.165) is 21.2 Å². The molecule has 1 N–H and O–H groups in total. The second-order valence-electron chi connectivity index (χ2n) is 8.56. The van der Waals surface area contributed by atoms with Gasteiger partial charge in [0.1, 0.15) is 17.5 Å². The molecule has 0 radical (unpaired) electrons. The molecule has 2 aliphatic heterocycles. The van der Waals surface area contributed by atoms with Crippen molar-refractivity contribution in [3.8, 4) is 22.7 Å². The highest BCUT2D eigenvalue weighted by Gasteiger charge is 2.45. The first-order valence-corrected chi connectivity index (χ1v) is 11.3. The van der Waals surface area contributed by atoms with Crippen LogP contribution >= 0.6 is 0 Å². The van der Waals surface area contributed by atoms with Crippen LogP contribution in [0.1, 0.15) is 33.6 Å². The average Bonchev–Trinajstić information content (AvgIpc) is 3.47. The summed E-state index contributed by atoms with van der Waals surface area (Å²) >= 11 is 0. The number of aromatic nitrogens is 3. The molecule has 1 unspecified atom stereocenters. The Morgan fingerprint density at radius 1 is 0.944 bits per heavy atom. The van der Waals surface area contributed by atoms with Gasteiger partial charge in [0.05, 0.1) is 35.7 Å². The molecule has 0 spiro atoms. The normalized spacial score (nSPS) is 17.5. The molecule has 178 valence electrons. The van der Waals surface area contributed by atoms with Crippen LogP contribution in [0.25, 0.3) is 27.7 Å². The smallest absolute Gasteiger partial charge is 0.264 e. The highest BCUT2D eigenvalue weighted by atomic mass is 16.5. The summed E-state index contributed by atoms with van der Waals surface area (Å²) in [7, 11) is 1.58. The number of carbonyl (C=O) groups excluding carboxylic acids is 4. The largest absolute Gasteiger partial charge is 0.496 e. The van der Waals surface area contributed by atoms with E-state index in [0.29, 0.717) is 17.1 Å². The first kappa shape index (κ1) is 21.7. The lowest BCUT2D eigenvalue weighted by atomic mass is 10.0. The molecule has 36 heavy (non-hydrogen) atoms. The molecule has 1 atom stereocenters. The van der Waals surface area contributed by atoms with E-state index in [2.05, 4.69) is 15.6 Å². The van der Waals surface area contributed by atoms with Crippen LogP contribution in [-0.2, 0) is 9.59 Å². The molecular formula is C26H19N5O5. The number of ether oxygens (including phenoxy) is 1. The standard InChI is InChI=1S/C26H19N5O5/c1-36-20-11-9-14-5-2-3-6-15(14)22(20)17-13-30(29-28-17)18-8-4-7-16-23(18)26(35)31(25(16)34)19-10-12-21(32)27-24(19)33/h2-9,11,13,19H,10,12H2,1H3,(H,27,32,33). The van der Waals surface area contributed by atoms with Crippen molar-refractivity contribution in [2.45, 2.75) is 18.9 Å². The Morgan fingerprint density at radius 2 is 1.78 bits per heavy atom. The van der Waals surface area contributed by atoms with E-state index < -0.39 is 29.7 Å². The predicted octanol–water partition coefficient (Wildman–Crippen LogP) is 2.50. The van der Waals surface area contributed by atoms with Gasteiger partial charge in [0.25, 0.3) is 11.8 Å². The molecule has 1 saturated heterocycles. The number of imide groups is 2. The molecule has 0 bridgehead atoms. The molecule has 0 aliphatic carbocycles. The van der Waals surface area contributed by atoms with Gasteiger partial charge in [-0.1, -0.05) is 41.6 Å². The number of nitrogens with one attached hydrogen (secondary N) is 1. The highest BCUT2D eigenvalue weighted by molar-refractivity contribution is 6.24. The third-order valence-electron chi connectivity index (χ3n) is 6.55. The Hall–Kier alpha value is -4.86. The molecule has 1 fully saturated rings. The zero-order valence-electron chi connectivity index (χ0n) is 19.1. The maximum Gasteiger partial charge on any atom is 0.264 e. The van der Waals surface area contributed by atoms with E-state index in [4.69, 9.17) is 4.74 Å². The molecule has 10 nitrogen and oxygen atoms in total. The fourth-order valence-electron chi connectivity index (χ4n) is 4.87. The van der Waals surface area contributed by atoms with E-state index in [1.807, 2.05) is 36.4 Å². The Bertz CT molecular complexity index is 1610. The molecule has 4 aromatic rings. The van der Waals surface area contributed by atoms with Gasteiger partial charge in [0, 0.05) is 6.42 Å². The number of hydrogen-bond donors (Lipinski definition) is 1. The molecule has 1 aromatic heterocycles. The molecule has 2 aliphatic rings. The summed E-state index contributed by atoms with van der Waals surface area (Å²) < 4.78 is 7.02. The molecule has 6 rings (SSSR count). The van der Waals surface area contributed by atoms with E-state index in [1.54, 1.807) is 25.4 Å². The summed E-state index contributed by atoms with van der Waals surface area (Å²) in [6, 6.07) is 15.4. The number of nitrogens with zero attached hydrogens (tertiary/aromatic N) is 4. The van der Waals surface area contributed by atoms with Gasteiger partial charge in [-0.25, -0.2) is 4.68 Å². The van der Waals surface area contributed by atoms with Crippen LogP contribution in [0.4, 0.5) is 0 Å². The lowest BCUT2D eigenvalue weighted by molar-refractivity contribution is -0.136. The van der Waals surface area contributed by atoms with Gasteiger partial charge in [0.2, 0.25) is 11.8 Å². The predicted molar refractivity (Wildman–Crippen MR) is 128 cm³/mol. The van der Waals surface area contributed by atoms with Crippen molar-refractivity contribution >= 4 is 34.4 Å². The Kier molecular flexibility index (Phi) is 4.89. The lowest BCUT2D eigenvalue weighted by Crippen LogP contribution is -2.54. The average molecular weight is 481 g/mol. The molecule has 3 heterocycles. The van der Waals surface area contributed by atoms with Gasteiger partial charge in [-0.15, -0.1) is 5.10 Å². The van der Waals surface area contributed by atoms with Crippen molar-refractivity contribution in [2.24, 2.45) is 0 Å². The van der Waals surface area contributed by atoms with Crippen LogP contribution in [0.3, 0.4) is 0 Å². The number of amides is 4. The highest BCUT2D eigenvalue weighted by Crippen LogP contribution is 2.37. The van der Waals surface area contributed by atoms with E-state index in [9.17, 15) is 19.2 Å². The minimum absolute atomic E-state index is 0.0516. The van der Waals surface area contributed by atoms with Crippen LogP contribution in [-0.4, -0.2) is 56.7 Å². The SMILES string of the molecule is COc1ccc2ccccc2c1-c1cn(-c2cccc3c2C(=O)N(C2CCC(=O)NC2=O)C3=O)nn1. The maximum atomic E-state index is 13.4. The first-order valence-electron chi connectivity index (χ1n) is 11.3. The molecule has 3 aromatic carbocycles. The Morgan fingerprint density at radius 3 is 2.58 bits per heavy atom. The number of rotatable bonds is 4. The summed E-state index contributed by atoms with van der Waals surface area (Å²) in [6.07, 6.45) is 1.81. The fourth-order valence-corrected chi connectivity index (χ4v) is 4.87. The van der Waals surface area contributed by atoms with Gasteiger partial charge in [-0.2, -0.15) is 0 Å². The number of fused-ring (bicyclic) bond motifs is 2. The Balaban J connectivity index is 1.43. The minimum atomic E-state index is -1.05. The number of benzene rings is 3. The first-order chi connectivity index (χ1) is 17.5. The zero-order chi connectivity index (χ0) is 25.0. The van der Waals surface area contributed by atoms with Gasteiger partial charge >= 0.3 is 0 Å². The van der Waals surface area contributed by atoms with Gasteiger partial charge in [-0.05, 0) is 35.4 Å². The molecule has 10 heteroatoms. The van der Waals surface area contributed by atoms with Crippen LogP contribution < -0.4 is 10.1 Å². The fraction of sp³-hybridized carbons (Fsp3) is 0.154. The van der Waals surface area contributed by atoms with Crippen molar-refractivity contribution in [2.75, 3.05) is 7.11 Å². The third-order valence-corrected chi connectivity index (χ3v) is 6.55. The summed E-state index contributed by atoms with van der Waals surface area (Å²) in [5, 5.41) is 12.7. The van der Waals surface area contributed by atoms with Gasteiger partial charge in [-0.3, -0.25) is 29.4 Å². The maximum absolute atomic E-state index is 13.4. The topological polar surface area (TPSA) is 123 Å². The Labute approximate surface area is 204 Å². The molecule has 0 saturated carbocycles. The number of piperidine rings is 1. The van der Waals surface area contributed by atoms with Crippen LogP contribution in [0.15, 0.2) is 60.8 Å². The molecular weight excluding hydrogens is 462 g/mol. The van der Waals surface area contributed by atoms with E-state index >= 15 is 0 Å². The van der Waals surface area contributed by atoms with Crippen LogP contribution in [0.5, 0.6) is 5.75 Å². The van der Waals surface area contributed by atoms with Crippen molar-refractivity contribution in [3.05, 3.63) is 71.9 Å². The number of hydrogen-bond acceptors (Lipinski definition) is 7. The summed E-state index contributed by atoms with van der Waals surface area (Å²) in [4.78, 5) is 51.5. The van der Waals surface area contributed by atoms with Crippen molar-refractivity contribution in [1.29, 1.82) is 0 Å². The molecule has 4 amide bonds. The zero-order valence-corrected chi connectivity index (χ0v) is 19.1. The quantitative estimate of drug-likeness (QED) is 0.444. The number of methoxy groups -OCH3 is 1. The van der Waals surface area contributed by atoms with Crippen LogP contribution in [0, 0.1) is 0 Å². The second kappa shape index (κ2) is 8.12. The van der Waals surface area contributed by atoms with Crippen molar-refractivity contribution < 1.29 is 23.9 Å². The van der Waals surface area contributed by atoms with Crippen molar-refractivity contribution in [3.63, 3.8) is 0 Å². The summed E-state index contributed by atoms with van der Waals surface area (Å²) in [6.45, 7) is 0. The van der Waals surface area contributed by atoms with Gasteiger partial charge < -0.3 is 4.74 Å². The lowest BCUT2D eigenvalue weighted by Gasteiger charge is -2.27. The van der Waals surface area contributed by atoms with E-state index in [1.165, 1.54) is 10.7 Å². The minimum Gasteiger partial charge on any atom is -0.496 e. The summed E-state index contributed by atoms with van der Waals surface area (Å²) in [5.41, 5.74) is 1.94. The van der Waals surface area contributed by atoms with Gasteiger partial charge in [0.15, 0.2) is 0 Å².